The van der Waals surface area contributed by atoms with Crippen LogP contribution in [0.4, 0.5) is 0 Å². The fraction of sp³-hybridized carbons (Fsp3) is 0.440. The van der Waals surface area contributed by atoms with E-state index in [0.29, 0.717) is 39.1 Å². The van der Waals surface area contributed by atoms with Crippen molar-refractivity contribution in [3.63, 3.8) is 0 Å². The molecular weight excluding hydrogens is 428 g/mol. The summed E-state index contributed by atoms with van der Waals surface area (Å²) in [7, 11) is 0. The van der Waals surface area contributed by atoms with Crippen molar-refractivity contribution in [3.8, 4) is 0 Å². The lowest BCUT2D eigenvalue weighted by molar-refractivity contribution is -0.413. The van der Waals surface area contributed by atoms with Crippen LogP contribution < -0.4 is 18.1 Å². The number of carbonyl (C=O) groups excluding carboxylic acids is 2. The molecule has 6 nitrogen and oxygen atoms in total. The lowest BCUT2D eigenvalue weighted by Crippen LogP contribution is -3.00. The van der Waals surface area contributed by atoms with Crippen LogP contribution in [0.15, 0.2) is 60.7 Å². The number of esters is 1. The van der Waals surface area contributed by atoms with E-state index in [-0.39, 0.29) is 30.9 Å². The number of ether oxygens (including phenoxy) is 2. The van der Waals surface area contributed by atoms with Crippen molar-refractivity contribution in [2.24, 2.45) is 5.41 Å². The Morgan fingerprint density at radius 2 is 1.69 bits per heavy atom. The van der Waals surface area contributed by atoms with Crippen LogP contribution in [0.3, 0.4) is 0 Å². The first kappa shape index (κ1) is 25.8. The third kappa shape index (κ3) is 6.79. The van der Waals surface area contributed by atoms with Crippen LogP contribution in [0.25, 0.3) is 0 Å². The van der Waals surface area contributed by atoms with E-state index in [2.05, 4.69) is 5.73 Å². The van der Waals surface area contributed by atoms with E-state index >= 15 is 0 Å². The summed E-state index contributed by atoms with van der Waals surface area (Å²) in [6, 6.07) is 19.3. The molecule has 1 aliphatic rings. The minimum absolute atomic E-state index is 0. The number of hydrogen-bond donors (Lipinski definition) is 1. The largest absolute Gasteiger partial charge is 1.00 e. The van der Waals surface area contributed by atoms with E-state index in [1.165, 1.54) is 0 Å². The van der Waals surface area contributed by atoms with Gasteiger partial charge in [-0.2, -0.15) is 0 Å². The molecule has 1 amide bonds. The van der Waals surface area contributed by atoms with Gasteiger partial charge in [-0.1, -0.05) is 60.7 Å². The summed E-state index contributed by atoms with van der Waals surface area (Å²) in [5, 5.41) is 0. The summed E-state index contributed by atoms with van der Waals surface area (Å²) < 4.78 is 11.2. The molecule has 174 valence electrons. The van der Waals surface area contributed by atoms with Gasteiger partial charge >= 0.3 is 5.97 Å². The highest BCUT2D eigenvalue weighted by molar-refractivity contribution is 5.83. The molecule has 0 unspecified atom stereocenters. The zero-order valence-corrected chi connectivity index (χ0v) is 19.4. The van der Waals surface area contributed by atoms with Crippen molar-refractivity contribution in [1.82, 2.24) is 4.90 Å². The van der Waals surface area contributed by atoms with Gasteiger partial charge in [0.2, 0.25) is 0 Å². The van der Waals surface area contributed by atoms with Crippen LogP contribution in [0, 0.1) is 5.41 Å². The minimum atomic E-state index is -0.726. The fourth-order valence-electron chi connectivity index (χ4n) is 4.20. The maximum atomic E-state index is 13.1. The Hall–Kier alpha value is -2.41. The molecule has 3 rings (SSSR count). The van der Waals surface area contributed by atoms with E-state index in [1.54, 1.807) is 4.90 Å². The monoisotopic (exact) mass is 460 g/mol. The molecular formula is C25H33ClN2O4. The molecule has 1 fully saturated rings. The molecule has 32 heavy (non-hydrogen) atoms. The molecule has 0 spiro atoms. The molecule has 1 aliphatic heterocycles. The molecule has 3 N–H and O–H groups in total. The fourth-order valence-corrected chi connectivity index (χ4v) is 4.20. The molecule has 2 aromatic carbocycles. The van der Waals surface area contributed by atoms with Crippen molar-refractivity contribution in [1.29, 1.82) is 0 Å². The molecule has 0 aromatic heterocycles. The molecule has 2 atom stereocenters. The molecule has 0 bridgehead atoms. The van der Waals surface area contributed by atoms with Crippen molar-refractivity contribution >= 4 is 11.9 Å². The van der Waals surface area contributed by atoms with Gasteiger partial charge in [-0.3, -0.25) is 9.59 Å². The number of carbonyl (C=O) groups is 2. The summed E-state index contributed by atoms with van der Waals surface area (Å²) in [6.07, 6.45) is 2.02. The SMILES string of the molecule is CCOC(=O)[C@]1(Cc2ccccc2)CCCN(C(=O)[C@H]([NH3+])COCc2ccccc2)C1.[Cl-]. The van der Waals surface area contributed by atoms with Crippen molar-refractivity contribution in [3.05, 3.63) is 71.8 Å². The highest BCUT2D eigenvalue weighted by Gasteiger charge is 2.45. The van der Waals surface area contributed by atoms with E-state index in [4.69, 9.17) is 9.47 Å². The van der Waals surface area contributed by atoms with Gasteiger partial charge in [-0.15, -0.1) is 0 Å². The van der Waals surface area contributed by atoms with Crippen molar-refractivity contribution < 1.29 is 37.2 Å². The summed E-state index contributed by atoms with van der Waals surface area (Å²) in [5.41, 5.74) is 5.43. The highest BCUT2D eigenvalue weighted by atomic mass is 35.5. The quantitative estimate of drug-likeness (QED) is 0.498. The second-order valence-electron chi connectivity index (χ2n) is 8.22. The lowest BCUT2D eigenvalue weighted by Gasteiger charge is -2.41. The van der Waals surface area contributed by atoms with Crippen LogP contribution in [-0.4, -0.2) is 49.1 Å². The molecule has 1 heterocycles. The number of piperidine rings is 1. The molecule has 0 saturated carbocycles. The van der Waals surface area contributed by atoms with Gasteiger partial charge in [0.1, 0.15) is 6.61 Å². The summed E-state index contributed by atoms with van der Waals surface area (Å²) in [5.74, 6) is -0.299. The zero-order valence-electron chi connectivity index (χ0n) is 18.7. The minimum Gasteiger partial charge on any atom is -1.00 e. The standard InChI is InChI=1S/C25H32N2O4.ClH/c1-2-31-24(29)25(16-20-10-5-3-6-11-20)14-9-15-27(19-25)23(28)22(26)18-30-17-21-12-7-4-8-13-21;/h3-8,10-13,22H,2,9,14-19,26H2,1H3;1H/t22-,25+;/m1./s1. The second-order valence-corrected chi connectivity index (χ2v) is 8.22. The molecule has 0 radical (unpaired) electrons. The average molecular weight is 461 g/mol. The predicted octanol–water partition coefficient (Wildman–Crippen LogP) is -0.768. The van der Waals surface area contributed by atoms with E-state index < -0.39 is 11.5 Å². The van der Waals surface area contributed by atoms with Gasteiger partial charge < -0.3 is 32.5 Å². The zero-order chi connectivity index (χ0) is 22.1. The predicted molar refractivity (Wildman–Crippen MR) is 118 cm³/mol. The average Bonchev–Trinajstić information content (AvgIpc) is 2.80. The van der Waals surface area contributed by atoms with Crippen molar-refractivity contribution in [2.45, 2.75) is 38.8 Å². The summed E-state index contributed by atoms with van der Waals surface area (Å²) in [4.78, 5) is 27.9. The smallest absolute Gasteiger partial charge is 0.314 e. The maximum Gasteiger partial charge on any atom is 0.314 e. The Balaban J connectivity index is 0.00000363. The Morgan fingerprint density at radius 3 is 2.31 bits per heavy atom. The van der Waals surface area contributed by atoms with Crippen LogP contribution in [-0.2, 0) is 32.1 Å². The summed E-state index contributed by atoms with van der Waals surface area (Å²) in [6.45, 7) is 3.81. The van der Waals surface area contributed by atoms with Gasteiger partial charge in [-0.25, -0.2) is 0 Å². The van der Waals surface area contributed by atoms with Crippen LogP contribution >= 0.6 is 0 Å². The van der Waals surface area contributed by atoms with Crippen molar-refractivity contribution in [2.75, 3.05) is 26.3 Å². The maximum absolute atomic E-state index is 13.1. The Bertz CT molecular complexity index is 850. The third-order valence-electron chi connectivity index (χ3n) is 5.76. The number of halogens is 1. The van der Waals surface area contributed by atoms with Crippen LogP contribution in [0.5, 0.6) is 0 Å². The number of hydrogen-bond acceptors (Lipinski definition) is 4. The first-order chi connectivity index (χ1) is 15.0. The number of nitrogens with zero attached hydrogens (tertiary/aromatic N) is 1. The first-order valence-electron chi connectivity index (χ1n) is 11.0. The van der Waals surface area contributed by atoms with Crippen LogP contribution in [0.1, 0.15) is 30.9 Å². The Morgan fingerprint density at radius 1 is 1.06 bits per heavy atom. The molecule has 1 saturated heterocycles. The Kier molecular flexibility index (Phi) is 10.2. The number of amides is 1. The number of likely N-dealkylation sites (tertiary alicyclic amines) is 1. The molecule has 0 aliphatic carbocycles. The molecule has 7 heteroatoms. The number of quaternary nitrogens is 1. The number of benzene rings is 2. The molecule has 2 aromatic rings. The lowest BCUT2D eigenvalue weighted by atomic mass is 9.75. The second kappa shape index (κ2) is 12.6. The third-order valence-corrected chi connectivity index (χ3v) is 5.76. The van der Waals surface area contributed by atoms with Gasteiger partial charge in [0, 0.05) is 13.1 Å². The van der Waals surface area contributed by atoms with E-state index in [9.17, 15) is 9.59 Å². The Labute approximate surface area is 196 Å². The van der Waals surface area contributed by atoms with Gasteiger partial charge in [0.25, 0.3) is 5.91 Å². The van der Waals surface area contributed by atoms with Gasteiger partial charge in [-0.05, 0) is 37.3 Å². The number of rotatable bonds is 9. The summed E-state index contributed by atoms with van der Waals surface area (Å²) >= 11 is 0. The van der Waals surface area contributed by atoms with Gasteiger partial charge in [0.05, 0.1) is 18.6 Å². The topological polar surface area (TPSA) is 83.5 Å². The highest BCUT2D eigenvalue weighted by Crippen LogP contribution is 2.35. The van der Waals surface area contributed by atoms with E-state index in [0.717, 1.165) is 17.5 Å². The van der Waals surface area contributed by atoms with Gasteiger partial charge in [0.15, 0.2) is 6.04 Å². The normalized spacial score (nSPS) is 19.0. The van der Waals surface area contributed by atoms with E-state index in [1.807, 2.05) is 67.6 Å². The first-order valence-corrected chi connectivity index (χ1v) is 11.0. The van der Waals surface area contributed by atoms with Crippen LogP contribution in [0.2, 0.25) is 0 Å².